The van der Waals surface area contributed by atoms with Gasteiger partial charge in [0.2, 0.25) is 0 Å². The molecular weight excluding hydrogens is 280 g/mol. The summed E-state index contributed by atoms with van der Waals surface area (Å²) < 4.78 is 1.77. The van der Waals surface area contributed by atoms with Gasteiger partial charge in [0.25, 0.3) is 0 Å². The molecule has 0 N–H and O–H groups in total. The van der Waals surface area contributed by atoms with Gasteiger partial charge in [-0.2, -0.15) is 5.10 Å². The lowest BCUT2D eigenvalue weighted by Crippen LogP contribution is -1.93. The molecule has 0 fully saturated rings. The molecule has 0 bridgehead atoms. The predicted molar refractivity (Wildman–Crippen MR) is 84.6 cm³/mol. The monoisotopic (exact) mass is 294 g/mol. The summed E-state index contributed by atoms with van der Waals surface area (Å²) in [7, 11) is 1.87. The van der Waals surface area contributed by atoms with Crippen molar-refractivity contribution in [3.63, 3.8) is 0 Å². The molecule has 0 amide bonds. The van der Waals surface area contributed by atoms with Crippen molar-refractivity contribution in [2.75, 3.05) is 0 Å². The lowest BCUT2D eigenvalue weighted by Gasteiger charge is -2.02. The minimum absolute atomic E-state index is 0.637. The van der Waals surface area contributed by atoms with Crippen LogP contribution >= 0.6 is 11.8 Å². The molecule has 3 aromatic rings. The first kappa shape index (κ1) is 13.6. The average Bonchev–Trinajstić information content (AvgIpc) is 2.85. The van der Waals surface area contributed by atoms with Gasteiger partial charge in [-0.25, -0.2) is 0 Å². The zero-order valence-electron chi connectivity index (χ0n) is 11.6. The molecule has 3 nitrogen and oxygen atoms in total. The first-order valence-corrected chi connectivity index (χ1v) is 7.41. The maximum absolute atomic E-state index is 11.6. The minimum Gasteiger partial charge on any atom is -0.298 e. The molecule has 0 spiro atoms. The van der Waals surface area contributed by atoms with E-state index >= 15 is 0 Å². The fraction of sp³-hybridized carbons (Fsp3) is 0.0588. The summed E-state index contributed by atoms with van der Waals surface area (Å²) in [6.07, 6.45) is 0.889. The van der Waals surface area contributed by atoms with E-state index in [9.17, 15) is 4.79 Å². The van der Waals surface area contributed by atoms with Gasteiger partial charge in [0.1, 0.15) is 10.7 Å². The Kier molecular flexibility index (Phi) is 3.88. The SMILES string of the molecule is Cn1nc(-c2ccccc2)c(C=O)c1Sc1ccccc1. The number of aromatic nitrogens is 2. The molecule has 4 heteroatoms. The maximum Gasteiger partial charge on any atom is 0.155 e. The van der Waals surface area contributed by atoms with Gasteiger partial charge < -0.3 is 0 Å². The highest BCUT2D eigenvalue weighted by Gasteiger charge is 2.17. The van der Waals surface area contributed by atoms with Gasteiger partial charge in [-0.1, -0.05) is 60.3 Å². The molecule has 21 heavy (non-hydrogen) atoms. The zero-order chi connectivity index (χ0) is 14.7. The van der Waals surface area contributed by atoms with Crippen molar-refractivity contribution in [2.24, 2.45) is 7.05 Å². The van der Waals surface area contributed by atoms with E-state index in [2.05, 4.69) is 5.10 Å². The van der Waals surface area contributed by atoms with Crippen LogP contribution in [0.1, 0.15) is 10.4 Å². The highest BCUT2D eigenvalue weighted by Crippen LogP contribution is 2.34. The van der Waals surface area contributed by atoms with E-state index < -0.39 is 0 Å². The molecule has 0 aliphatic heterocycles. The van der Waals surface area contributed by atoms with Gasteiger partial charge in [-0.05, 0) is 12.1 Å². The van der Waals surface area contributed by atoms with Crippen LogP contribution in [-0.2, 0) is 7.05 Å². The van der Waals surface area contributed by atoms with Gasteiger partial charge in [-0.3, -0.25) is 9.48 Å². The van der Waals surface area contributed by atoms with Crippen molar-refractivity contribution in [1.82, 2.24) is 9.78 Å². The quantitative estimate of drug-likeness (QED) is 0.681. The van der Waals surface area contributed by atoms with Gasteiger partial charge >= 0.3 is 0 Å². The van der Waals surface area contributed by atoms with E-state index in [0.29, 0.717) is 5.56 Å². The Morgan fingerprint density at radius 2 is 1.62 bits per heavy atom. The molecule has 3 rings (SSSR count). The third-order valence-corrected chi connectivity index (χ3v) is 4.34. The molecule has 104 valence electrons. The topological polar surface area (TPSA) is 34.9 Å². The summed E-state index contributed by atoms with van der Waals surface area (Å²) in [6, 6.07) is 19.8. The lowest BCUT2D eigenvalue weighted by molar-refractivity contribution is 0.112. The van der Waals surface area contributed by atoms with Crippen LogP contribution in [0.3, 0.4) is 0 Å². The fourth-order valence-electron chi connectivity index (χ4n) is 2.16. The second-order valence-corrected chi connectivity index (χ2v) is 5.65. The Bertz CT molecular complexity index is 751. The summed E-state index contributed by atoms with van der Waals surface area (Å²) in [6.45, 7) is 0. The van der Waals surface area contributed by atoms with Crippen LogP contribution in [-0.4, -0.2) is 16.1 Å². The second-order valence-electron chi connectivity index (χ2n) is 4.59. The molecule has 0 aliphatic carbocycles. The van der Waals surface area contributed by atoms with Crippen LogP contribution in [0.25, 0.3) is 11.3 Å². The first-order chi connectivity index (χ1) is 10.3. The molecule has 0 radical (unpaired) electrons. The molecular formula is C17H14N2OS. The molecule has 0 saturated carbocycles. The van der Waals surface area contributed by atoms with E-state index in [1.54, 1.807) is 16.4 Å². The summed E-state index contributed by atoms with van der Waals surface area (Å²) in [5, 5.41) is 5.37. The number of aryl methyl sites for hydroxylation is 1. The Balaban J connectivity index is 2.06. The van der Waals surface area contributed by atoms with Gasteiger partial charge in [0.05, 0.1) is 5.56 Å². The van der Waals surface area contributed by atoms with E-state index in [0.717, 1.165) is 27.5 Å². The van der Waals surface area contributed by atoms with Gasteiger partial charge in [0, 0.05) is 17.5 Å². The van der Waals surface area contributed by atoms with Crippen LogP contribution in [0.4, 0.5) is 0 Å². The van der Waals surface area contributed by atoms with E-state index in [1.165, 1.54) is 0 Å². The van der Waals surface area contributed by atoms with Crippen LogP contribution in [0.15, 0.2) is 70.6 Å². The van der Waals surface area contributed by atoms with Crippen molar-refractivity contribution < 1.29 is 4.79 Å². The number of hydrogen-bond acceptors (Lipinski definition) is 3. The summed E-state index contributed by atoms with van der Waals surface area (Å²) in [4.78, 5) is 12.6. The van der Waals surface area contributed by atoms with Gasteiger partial charge in [0.15, 0.2) is 6.29 Å². The number of carbonyl (C=O) groups excluding carboxylic acids is 1. The van der Waals surface area contributed by atoms with Crippen molar-refractivity contribution >= 4 is 18.0 Å². The summed E-state index contributed by atoms with van der Waals surface area (Å²) in [5.41, 5.74) is 2.32. The first-order valence-electron chi connectivity index (χ1n) is 6.60. The number of nitrogens with zero attached hydrogens (tertiary/aromatic N) is 2. The Morgan fingerprint density at radius 1 is 1.00 bits per heavy atom. The average molecular weight is 294 g/mol. The predicted octanol–water partition coefficient (Wildman–Crippen LogP) is 4.05. The highest BCUT2D eigenvalue weighted by atomic mass is 32.2. The van der Waals surface area contributed by atoms with Gasteiger partial charge in [-0.15, -0.1) is 0 Å². The van der Waals surface area contributed by atoms with Crippen LogP contribution in [0, 0.1) is 0 Å². The normalized spacial score (nSPS) is 10.5. The van der Waals surface area contributed by atoms with Crippen molar-refractivity contribution in [1.29, 1.82) is 0 Å². The number of rotatable bonds is 4. The molecule has 1 aromatic heterocycles. The largest absolute Gasteiger partial charge is 0.298 e. The number of carbonyl (C=O) groups is 1. The smallest absolute Gasteiger partial charge is 0.155 e. The Hall–Kier alpha value is -2.33. The number of benzene rings is 2. The van der Waals surface area contributed by atoms with Crippen LogP contribution in [0.5, 0.6) is 0 Å². The minimum atomic E-state index is 0.637. The van der Waals surface area contributed by atoms with Crippen molar-refractivity contribution in [3.05, 3.63) is 66.2 Å². The standard InChI is InChI=1S/C17H14N2OS/c1-19-17(21-14-10-6-3-7-11-14)15(12-20)16(18-19)13-8-4-2-5-9-13/h2-12H,1H3. The Labute approximate surface area is 127 Å². The summed E-state index contributed by atoms with van der Waals surface area (Å²) in [5.74, 6) is 0. The molecule has 1 heterocycles. The molecule has 0 saturated heterocycles. The molecule has 2 aromatic carbocycles. The third kappa shape index (κ3) is 2.76. The van der Waals surface area contributed by atoms with Crippen LogP contribution < -0.4 is 0 Å². The van der Waals surface area contributed by atoms with E-state index in [-0.39, 0.29) is 0 Å². The number of aldehydes is 1. The van der Waals surface area contributed by atoms with Crippen molar-refractivity contribution in [3.8, 4) is 11.3 Å². The summed E-state index contributed by atoms with van der Waals surface area (Å²) >= 11 is 1.55. The Morgan fingerprint density at radius 3 is 2.24 bits per heavy atom. The third-order valence-electron chi connectivity index (χ3n) is 3.15. The lowest BCUT2D eigenvalue weighted by atomic mass is 10.1. The maximum atomic E-state index is 11.6. The second kappa shape index (κ2) is 5.97. The fourth-order valence-corrected chi connectivity index (χ4v) is 3.11. The molecule has 0 unspecified atom stereocenters. The van der Waals surface area contributed by atoms with E-state index in [1.807, 2.05) is 67.7 Å². The van der Waals surface area contributed by atoms with Crippen LogP contribution in [0.2, 0.25) is 0 Å². The zero-order valence-corrected chi connectivity index (χ0v) is 12.4. The number of hydrogen-bond donors (Lipinski definition) is 0. The van der Waals surface area contributed by atoms with Crippen molar-refractivity contribution in [2.45, 2.75) is 9.92 Å². The molecule has 0 atom stereocenters. The van der Waals surface area contributed by atoms with E-state index in [4.69, 9.17) is 0 Å². The highest BCUT2D eigenvalue weighted by molar-refractivity contribution is 7.99. The molecule has 0 aliphatic rings.